The number of rotatable bonds is 2. The van der Waals surface area contributed by atoms with Crippen molar-refractivity contribution in [1.82, 2.24) is 0 Å². The highest BCUT2D eigenvalue weighted by Crippen LogP contribution is 2.52. The molecule has 0 atom stereocenters. The topological polar surface area (TPSA) is 0 Å². The Morgan fingerprint density at radius 2 is 2.00 bits per heavy atom. The fourth-order valence-electron chi connectivity index (χ4n) is 1.57. The monoisotopic (exact) mass is 202 g/mol. The van der Waals surface area contributed by atoms with Crippen LogP contribution in [0.25, 0.3) is 0 Å². The molecule has 1 aliphatic rings. The van der Waals surface area contributed by atoms with Gasteiger partial charge in [-0.05, 0) is 30.5 Å². The summed E-state index contributed by atoms with van der Waals surface area (Å²) in [4.78, 5) is 0. The molecule has 0 aliphatic heterocycles. The molecule has 1 aromatic rings. The summed E-state index contributed by atoms with van der Waals surface area (Å²) in [6.45, 7) is 0. The second-order valence-corrected chi connectivity index (χ2v) is 3.90. The molecular formula is C10H9ClF2. The van der Waals surface area contributed by atoms with E-state index in [0.717, 1.165) is 0 Å². The van der Waals surface area contributed by atoms with Gasteiger partial charge in [-0.1, -0.05) is 23.7 Å². The lowest BCUT2D eigenvalue weighted by atomic mass is 9.97. The average molecular weight is 203 g/mol. The van der Waals surface area contributed by atoms with Gasteiger partial charge >= 0.3 is 0 Å². The Kier molecular flexibility index (Phi) is 2.03. The van der Waals surface area contributed by atoms with E-state index in [4.69, 9.17) is 11.6 Å². The zero-order chi connectivity index (χ0) is 9.47. The quantitative estimate of drug-likeness (QED) is 0.687. The van der Waals surface area contributed by atoms with Crippen LogP contribution in [-0.4, -0.2) is 6.43 Å². The van der Waals surface area contributed by atoms with Crippen molar-refractivity contribution in [1.29, 1.82) is 0 Å². The van der Waals surface area contributed by atoms with Gasteiger partial charge in [0.1, 0.15) is 0 Å². The highest BCUT2D eigenvalue weighted by Gasteiger charge is 2.52. The van der Waals surface area contributed by atoms with Gasteiger partial charge in [0.2, 0.25) is 6.43 Å². The molecule has 0 aromatic heterocycles. The molecule has 0 spiro atoms. The Morgan fingerprint density at radius 3 is 2.46 bits per heavy atom. The average Bonchev–Trinajstić information content (AvgIpc) is 2.83. The summed E-state index contributed by atoms with van der Waals surface area (Å²) in [5.74, 6) is 0. The van der Waals surface area contributed by atoms with Crippen LogP contribution in [0, 0.1) is 0 Å². The molecule has 1 aromatic carbocycles. The summed E-state index contributed by atoms with van der Waals surface area (Å²) in [5.41, 5.74) is -0.208. The summed E-state index contributed by atoms with van der Waals surface area (Å²) in [7, 11) is 0. The largest absolute Gasteiger partial charge is 0.248 e. The normalized spacial score (nSPS) is 19.1. The second kappa shape index (κ2) is 2.95. The lowest BCUT2D eigenvalue weighted by Gasteiger charge is -2.14. The molecule has 0 nitrogen and oxygen atoms in total. The number of benzene rings is 1. The van der Waals surface area contributed by atoms with Crippen LogP contribution < -0.4 is 0 Å². The summed E-state index contributed by atoms with van der Waals surface area (Å²) >= 11 is 5.74. The van der Waals surface area contributed by atoms with Gasteiger partial charge in [-0.15, -0.1) is 0 Å². The van der Waals surface area contributed by atoms with Crippen LogP contribution in [0.1, 0.15) is 18.4 Å². The van der Waals surface area contributed by atoms with Crippen molar-refractivity contribution in [3.63, 3.8) is 0 Å². The molecule has 1 aliphatic carbocycles. The first kappa shape index (κ1) is 8.95. The van der Waals surface area contributed by atoms with Gasteiger partial charge < -0.3 is 0 Å². The molecule has 0 amide bonds. The smallest absolute Gasteiger partial charge is 0.210 e. The molecular weight excluding hydrogens is 194 g/mol. The Balaban J connectivity index is 2.35. The maximum Gasteiger partial charge on any atom is 0.248 e. The summed E-state index contributed by atoms with van der Waals surface area (Å²) in [6, 6.07) is 6.79. The molecule has 0 bridgehead atoms. The van der Waals surface area contributed by atoms with Crippen molar-refractivity contribution >= 4 is 11.6 Å². The Labute approximate surface area is 80.5 Å². The van der Waals surface area contributed by atoms with Gasteiger partial charge in [-0.3, -0.25) is 0 Å². The SMILES string of the molecule is FC(F)C1(c2cccc(Cl)c2)CC1. The minimum absolute atomic E-state index is 0.532. The van der Waals surface area contributed by atoms with E-state index in [1.165, 1.54) is 0 Å². The van der Waals surface area contributed by atoms with E-state index in [1.807, 2.05) is 0 Å². The number of hydrogen-bond donors (Lipinski definition) is 0. The third-order valence-electron chi connectivity index (χ3n) is 2.61. The zero-order valence-corrected chi connectivity index (χ0v) is 7.69. The highest BCUT2D eigenvalue weighted by atomic mass is 35.5. The van der Waals surface area contributed by atoms with Crippen LogP contribution in [0.2, 0.25) is 5.02 Å². The third kappa shape index (κ3) is 1.44. The summed E-state index contributed by atoms with van der Waals surface area (Å²) in [6.07, 6.45) is -1.12. The van der Waals surface area contributed by atoms with Crippen LogP contribution in [-0.2, 0) is 5.41 Å². The van der Waals surface area contributed by atoms with Crippen LogP contribution >= 0.6 is 11.6 Å². The molecule has 3 heteroatoms. The first-order valence-electron chi connectivity index (χ1n) is 4.19. The minimum atomic E-state index is -2.27. The molecule has 1 fully saturated rings. The van der Waals surface area contributed by atoms with Gasteiger partial charge in [0.05, 0.1) is 5.41 Å². The standard InChI is InChI=1S/C10H9ClF2/c11-8-3-1-2-7(6-8)10(4-5-10)9(12)13/h1-3,6,9H,4-5H2. The van der Waals surface area contributed by atoms with Gasteiger partial charge in [0.15, 0.2) is 0 Å². The van der Waals surface area contributed by atoms with Gasteiger partial charge in [-0.2, -0.15) is 0 Å². The van der Waals surface area contributed by atoms with Crippen molar-refractivity contribution in [3.8, 4) is 0 Å². The minimum Gasteiger partial charge on any atom is -0.210 e. The van der Waals surface area contributed by atoms with Gasteiger partial charge in [0, 0.05) is 5.02 Å². The van der Waals surface area contributed by atoms with E-state index in [-0.39, 0.29) is 0 Å². The highest BCUT2D eigenvalue weighted by molar-refractivity contribution is 6.30. The predicted octanol–water partition coefficient (Wildman–Crippen LogP) is 3.64. The van der Waals surface area contributed by atoms with E-state index in [0.29, 0.717) is 23.4 Å². The lowest BCUT2D eigenvalue weighted by molar-refractivity contribution is 0.102. The molecule has 0 radical (unpaired) electrons. The molecule has 70 valence electrons. The van der Waals surface area contributed by atoms with Crippen molar-refractivity contribution < 1.29 is 8.78 Å². The number of alkyl halides is 2. The fourth-order valence-corrected chi connectivity index (χ4v) is 1.76. The maximum atomic E-state index is 12.6. The molecule has 0 heterocycles. The molecule has 0 saturated heterocycles. The van der Waals surface area contributed by atoms with Crippen molar-refractivity contribution in [2.75, 3.05) is 0 Å². The lowest BCUT2D eigenvalue weighted by Crippen LogP contribution is -2.16. The van der Waals surface area contributed by atoms with Crippen molar-refractivity contribution in [3.05, 3.63) is 34.9 Å². The van der Waals surface area contributed by atoms with Crippen LogP contribution in [0.3, 0.4) is 0 Å². The second-order valence-electron chi connectivity index (χ2n) is 3.47. The van der Waals surface area contributed by atoms with Crippen LogP contribution in [0.5, 0.6) is 0 Å². The van der Waals surface area contributed by atoms with E-state index in [2.05, 4.69) is 0 Å². The predicted molar refractivity (Wildman–Crippen MR) is 48.4 cm³/mol. The molecule has 0 unspecified atom stereocenters. The Bertz CT molecular complexity index is 318. The maximum absolute atomic E-state index is 12.6. The van der Waals surface area contributed by atoms with E-state index in [1.54, 1.807) is 24.3 Å². The van der Waals surface area contributed by atoms with Gasteiger partial charge in [-0.25, -0.2) is 8.78 Å². The molecule has 0 N–H and O–H groups in total. The Hall–Kier alpha value is -0.630. The molecule has 2 rings (SSSR count). The molecule has 13 heavy (non-hydrogen) atoms. The van der Waals surface area contributed by atoms with Crippen molar-refractivity contribution in [2.24, 2.45) is 0 Å². The summed E-state index contributed by atoms with van der Waals surface area (Å²) in [5, 5.41) is 0.532. The van der Waals surface area contributed by atoms with E-state index < -0.39 is 11.8 Å². The van der Waals surface area contributed by atoms with Gasteiger partial charge in [0.25, 0.3) is 0 Å². The van der Waals surface area contributed by atoms with Crippen LogP contribution in [0.15, 0.2) is 24.3 Å². The van der Waals surface area contributed by atoms with E-state index in [9.17, 15) is 8.78 Å². The van der Waals surface area contributed by atoms with Crippen LogP contribution in [0.4, 0.5) is 8.78 Å². The fraction of sp³-hybridized carbons (Fsp3) is 0.400. The Morgan fingerprint density at radius 1 is 1.31 bits per heavy atom. The third-order valence-corrected chi connectivity index (χ3v) is 2.84. The summed E-state index contributed by atoms with van der Waals surface area (Å²) < 4.78 is 25.3. The number of halogens is 3. The zero-order valence-electron chi connectivity index (χ0n) is 6.93. The first-order valence-corrected chi connectivity index (χ1v) is 4.57. The first-order chi connectivity index (χ1) is 6.15. The van der Waals surface area contributed by atoms with E-state index >= 15 is 0 Å². The molecule has 1 saturated carbocycles. The van der Waals surface area contributed by atoms with Crippen molar-refractivity contribution in [2.45, 2.75) is 24.7 Å². The number of hydrogen-bond acceptors (Lipinski definition) is 0.